The van der Waals surface area contributed by atoms with Crippen molar-refractivity contribution in [3.8, 4) is 0 Å². The molecule has 2 fully saturated rings. The van der Waals surface area contributed by atoms with Crippen LogP contribution in [0.1, 0.15) is 75.3 Å². The first-order valence-electron chi connectivity index (χ1n) is 15.0. The van der Waals surface area contributed by atoms with E-state index in [1.165, 1.54) is 37.7 Å². The number of halogens is 4. The van der Waals surface area contributed by atoms with Crippen LogP contribution in [-0.2, 0) is 20.9 Å². The molecule has 3 atom stereocenters. The van der Waals surface area contributed by atoms with E-state index >= 15 is 4.39 Å². The molecule has 244 valence electrons. The van der Waals surface area contributed by atoms with Crippen LogP contribution in [0.5, 0.6) is 0 Å². The second kappa shape index (κ2) is 13.2. The minimum atomic E-state index is -5.06. The number of benzene rings is 1. The van der Waals surface area contributed by atoms with E-state index in [1.807, 2.05) is 12.2 Å². The summed E-state index contributed by atoms with van der Waals surface area (Å²) in [6.45, 7) is 6.76. The normalized spacial score (nSPS) is 17.3. The van der Waals surface area contributed by atoms with Crippen molar-refractivity contribution in [2.24, 2.45) is 17.8 Å². The highest BCUT2D eigenvalue weighted by atomic mass is 19.4. The van der Waals surface area contributed by atoms with Crippen molar-refractivity contribution in [2.75, 3.05) is 5.32 Å². The van der Waals surface area contributed by atoms with Crippen LogP contribution in [0.3, 0.4) is 0 Å². The van der Waals surface area contributed by atoms with E-state index in [-0.39, 0.29) is 23.4 Å². The molecular formula is C30H38BF4N5O5. The third-order valence-electron chi connectivity index (χ3n) is 7.94. The molecule has 2 aromatic rings. The van der Waals surface area contributed by atoms with Crippen LogP contribution in [-0.4, -0.2) is 65.1 Å². The molecule has 2 aliphatic rings. The summed E-state index contributed by atoms with van der Waals surface area (Å²) in [5, 5.41) is 11.3. The zero-order chi connectivity index (χ0) is 33.3. The molecule has 0 aliphatic heterocycles. The number of carbonyl (C=O) groups is 4. The first-order valence-corrected chi connectivity index (χ1v) is 15.0. The number of alkyl halides is 3. The van der Waals surface area contributed by atoms with E-state index in [1.54, 1.807) is 0 Å². The fraction of sp³-hybridized carbons (Fsp3) is 0.567. The Labute approximate surface area is 259 Å². The predicted octanol–water partition coefficient (Wildman–Crippen LogP) is 3.91. The summed E-state index contributed by atoms with van der Waals surface area (Å²) in [5.74, 6) is -4.75. The van der Waals surface area contributed by atoms with Gasteiger partial charge in [-0.15, -0.1) is 0 Å². The van der Waals surface area contributed by atoms with Crippen LogP contribution in [0.2, 0.25) is 0 Å². The summed E-state index contributed by atoms with van der Waals surface area (Å²) in [4.78, 5) is 51.4. The number of alkyl carbamates (subject to hydrolysis) is 1. The van der Waals surface area contributed by atoms with Crippen LogP contribution >= 0.6 is 0 Å². The summed E-state index contributed by atoms with van der Waals surface area (Å²) in [7, 11) is 0.879. The van der Waals surface area contributed by atoms with E-state index in [0.717, 1.165) is 45.7 Å². The van der Waals surface area contributed by atoms with Crippen molar-refractivity contribution in [1.82, 2.24) is 20.4 Å². The summed E-state index contributed by atoms with van der Waals surface area (Å²) in [6.07, 6.45) is -1.26. The molecule has 3 N–H and O–H groups in total. The fourth-order valence-corrected chi connectivity index (χ4v) is 5.68. The Morgan fingerprint density at radius 1 is 1.02 bits per heavy atom. The Hall–Kier alpha value is -3.91. The van der Waals surface area contributed by atoms with E-state index in [4.69, 9.17) is 4.74 Å². The maximum atomic E-state index is 15.4. The molecule has 0 radical (unpaired) electrons. The molecule has 2 aliphatic carbocycles. The van der Waals surface area contributed by atoms with E-state index in [9.17, 15) is 32.3 Å². The van der Waals surface area contributed by atoms with Gasteiger partial charge in [-0.3, -0.25) is 14.3 Å². The van der Waals surface area contributed by atoms with Crippen molar-refractivity contribution in [3.05, 3.63) is 47.5 Å². The molecule has 1 heterocycles. The molecule has 15 heteroatoms. The molecule has 0 spiro atoms. The van der Waals surface area contributed by atoms with Gasteiger partial charge in [0, 0.05) is 12.7 Å². The van der Waals surface area contributed by atoms with Gasteiger partial charge in [0.2, 0.25) is 5.91 Å². The summed E-state index contributed by atoms with van der Waals surface area (Å²) < 4.78 is 64.9. The van der Waals surface area contributed by atoms with E-state index in [0.29, 0.717) is 12.6 Å². The van der Waals surface area contributed by atoms with Gasteiger partial charge in [-0.05, 0) is 94.9 Å². The highest BCUT2D eigenvalue weighted by Crippen LogP contribution is 2.51. The number of nitrogens with one attached hydrogen (secondary N) is 3. The summed E-state index contributed by atoms with van der Waals surface area (Å²) in [6, 6.07) is 0.899. The number of amides is 3. The number of hydrogen-bond donors (Lipinski definition) is 3. The number of carbonyl (C=O) groups excluding carboxylic acids is 4. The SMILES string of the molecule is BC(=O)C(NC(=O)OC(C)(C)C)C(c1ccc(NC(=O)[C@@H](NC(=O)c2ccnn2CC)C(C2CC2)C2CC2)c(F)c1)C(F)(F)F. The van der Waals surface area contributed by atoms with E-state index in [2.05, 4.69) is 15.7 Å². The molecule has 1 aromatic carbocycles. The molecule has 0 bridgehead atoms. The highest BCUT2D eigenvalue weighted by Gasteiger charge is 2.50. The maximum absolute atomic E-state index is 15.4. The minimum Gasteiger partial charge on any atom is -0.444 e. The number of ether oxygens (including phenoxy) is 1. The lowest BCUT2D eigenvalue weighted by atomic mass is 9.81. The average molecular weight is 635 g/mol. The number of nitrogens with zero attached hydrogens (tertiary/aromatic N) is 2. The van der Waals surface area contributed by atoms with Gasteiger partial charge in [0.15, 0.2) is 7.85 Å². The van der Waals surface area contributed by atoms with Crippen LogP contribution in [0.15, 0.2) is 30.5 Å². The Kier molecular flexibility index (Phi) is 9.98. The topological polar surface area (TPSA) is 131 Å². The number of aryl methyl sites for hydroxylation is 1. The number of anilines is 1. The molecule has 2 saturated carbocycles. The monoisotopic (exact) mass is 635 g/mol. The summed E-state index contributed by atoms with van der Waals surface area (Å²) >= 11 is 0. The average Bonchev–Trinajstić information content (AvgIpc) is 3.86. The zero-order valence-corrected chi connectivity index (χ0v) is 25.8. The summed E-state index contributed by atoms with van der Waals surface area (Å²) in [5.41, 5.74) is -2.84. The molecular weight excluding hydrogens is 597 g/mol. The second-order valence-electron chi connectivity index (χ2n) is 12.7. The molecule has 3 amide bonds. The van der Waals surface area contributed by atoms with Crippen molar-refractivity contribution in [3.63, 3.8) is 0 Å². The number of aromatic nitrogens is 2. The van der Waals surface area contributed by atoms with Gasteiger partial charge in [0.25, 0.3) is 5.91 Å². The van der Waals surface area contributed by atoms with Gasteiger partial charge < -0.3 is 25.5 Å². The van der Waals surface area contributed by atoms with Crippen molar-refractivity contribution in [2.45, 2.75) is 89.7 Å². The standard InChI is InChI=1S/C30H38BF4N5O5/c1-5-40-20(12-13-36-40)26(42)38-23(21(15-6-7-15)16-8-9-16)27(43)37-19-11-10-17(14-18(19)32)22(30(33,34)35)24(25(31)41)39-28(44)45-29(2,3)4/h10-16,21-24H,5-9,31H2,1-4H3,(H,37,43)(H,38,42)(H,39,44)/t22?,23-,24?/m0/s1. The fourth-order valence-electron chi connectivity index (χ4n) is 5.68. The number of hydrogen-bond acceptors (Lipinski definition) is 6. The van der Waals surface area contributed by atoms with Crippen molar-refractivity contribution in [1.29, 1.82) is 0 Å². The van der Waals surface area contributed by atoms with Gasteiger partial charge in [-0.1, -0.05) is 6.07 Å². The Morgan fingerprint density at radius 3 is 2.13 bits per heavy atom. The molecule has 10 nitrogen and oxygen atoms in total. The highest BCUT2D eigenvalue weighted by molar-refractivity contribution is 6.59. The van der Waals surface area contributed by atoms with Gasteiger partial charge in [0.1, 0.15) is 34.8 Å². The zero-order valence-electron chi connectivity index (χ0n) is 25.8. The third-order valence-corrected chi connectivity index (χ3v) is 7.94. The van der Waals surface area contributed by atoms with Crippen LogP contribution < -0.4 is 16.0 Å². The lowest BCUT2D eigenvalue weighted by Gasteiger charge is -2.30. The van der Waals surface area contributed by atoms with E-state index < -0.39 is 70.4 Å². The molecule has 0 saturated heterocycles. The predicted molar refractivity (Wildman–Crippen MR) is 159 cm³/mol. The lowest BCUT2D eigenvalue weighted by Crippen LogP contribution is -2.51. The minimum absolute atomic E-state index is 0.181. The smallest absolute Gasteiger partial charge is 0.408 e. The Balaban J connectivity index is 1.59. The quantitative estimate of drug-likeness (QED) is 0.240. The van der Waals surface area contributed by atoms with Gasteiger partial charge in [-0.25, -0.2) is 9.18 Å². The molecule has 1 aromatic heterocycles. The van der Waals surface area contributed by atoms with Gasteiger partial charge >= 0.3 is 12.3 Å². The van der Waals surface area contributed by atoms with Crippen molar-refractivity contribution >= 4 is 37.1 Å². The first kappa shape index (κ1) is 34.0. The molecule has 2 unspecified atom stereocenters. The largest absolute Gasteiger partial charge is 0.444 e. The Bertz CT molecular complexity index is 1420. The maximum Gasteiger partial charge on any atom is 0.408 e. The molecule has 45 heavy (non-hydrogen) atoms. The van der Waals surface area contributed by atoms with Crippen LogP contribution in [0, 0.1) is 23.6 Å². The van der Waals surface area contributed by atoms with Gasteiger partial charge in [-0.2, -0.15) is 18.3 Å². The number of rotatable bonds is 12. The van der Waals surface area contributed by atoms with Crippen molar-refractivity contribution < 1.29 is 41.5 Å². The van der Waals surface area contributed by atoms with Gasteiger partial charge in [0.05, 0.1) is 11.7 Å². The third kappa shape index (κ3) is 8.63. The molecule has 4 rings (SSSR count). The van der Waals surface area contributed by atoms with Crippen LogP contribution in [0.4, 0.5) is 28.0 Å². The lowest BCUT2D eigenvalue weighted by molar-refractivity contribution is -0.160. The van der Waals surface area contributed by atoms with Crippen LogP contribution in [0.25, 0.3) is 0 Å². The Morgan fingerprint density at radius 2 is 1.64 bits per heavy atom. The second-order valence-corrected chi connectivity index (χ2v) is 12.7. The first-order chi connectivity index (χ1) is 21.0.